The van der Waals surface area contributed by atoms with Crippen LogP contribution in [0, 0.1) is 0 Å². The number of carbonyl (C=O) groups excluding carboxylic acids is 2. The highest BCUT2D eigenvalue weighted by Crippen LogP contribution is 2.04. The largest absolute Gasteiger partial charge is 0.394 e. The van der Waals surface area contributed by atoms with Crippen LogP contribution in [0.25, 0.3) is 0 Å². The molecular formula is C19H23N3O3. The minimum atomic E-state index is -0.359. The molecule has 3 amide bonds. The number of para-hydroxylation sites is 1. The molecular weight excluding hydrogens is 318 g/mol. The Morgan fingerprint density at radius 1 is 0.960 bits per heavy atom. The van der Waals surface area contributed by atoms with E-state index in [-0.39, 0.29) is 37.6 Å². The number of hydrogen-bond acceptors (Lipinski definition) is 3. The zero-order valence-electron chi connectivity index (χ0n) is 13.9. The SMILES string of the molecule is O=C(CCNC(=O)Nc1ccccc1)N[C@H](CO)Cc1ccccc1. The molecule has 0 aliphatic rings. The molecule has 0 radical (unpaired) electrons. The molecule has 0 saturated carbocycles. The first-order valence-corrected chi connectivity index (χ1v) is 8.21. The Bertz CT molecular complexity index is 662. The first-order valence-electron chi connectivity index (χ1n) is 8.21. The van der Waals surface area contributed by atoms with Gasteiger partial charge in [-0.05, 0) is 24.1 Å². The summed E-state index contributed by atoms with van der Waals surface area (Å²) < 4.78 is 0. The summed E-state index contributed by atoms with van der Waals surface area (Å²) in [6.45, 7) is 0.0799. The molecule has 2 aromatic carbocycles. The van der Waals surface area contributed by atoms with E-state index in [1.54, 1.807) is 12.1 Å². The fourth-order valence-corrected chi connectivity index (χ4v) is 2.35. The Balaban J connectivity index is 1.68. The monoisotopic (exact) mass is 341 g/mol. The summed E-state index contributed by atoms with van der Waals surface area (Å²) in [5.74, 6) is -0.213. The second-order valence-corrected chi connectivity index (χ2v) is 5.63. The Kier molecular flexibility index (Phi) is 7.46. The number of aliphatic hydroxyl groups excluding tert-OH is 1. The maximum Gasteiger partial charge on any atom is 0.319 e. The molecule has 2 aromatic rings. The fraction of sp³-hybridized carbons (Fsp3) is 0.263. The summed E-state index contributed by atoms with van der Waals surface area (Å²) in [6, 6.07) is 18.0. The number of hydrogen-bond donors (Lipinski definition) is 4. The van der Waals surface area contributed by atoms with Gasteiger partial charge < -0.3 is 21.1 Å². The second kappa shape index (κ2) is 10.1. The van der Waals surface area contributed by atoms with E-state index in [9.17, 15) is 14.7 Å². The maximum absolute atomic E-state index is 11.9. The lowest BCUT2D eigenvalue weighted by atomic mass is 10.1. The summed E-state index contributed by atoms with van der Waals surface area (Å²) in [5.41, 5.74) is 1.73. The van der Waals surface area contributed by atoms with Crippen molar-refractivity contribution >= 4 is 17.6 Å². The number of anilines is 1. The number of urea groups is 1. The van der Waals surface area contributed by atoms with E-state index < -0.39 is 0 Å². The van der Waals surface area contributed by atoms with Crippen molar-refractivity contribution in [2.24, 2.45) is 0 Å². The molecule has 2 rings (SSSR count). The molecule has 0 saturated heterocycles. The van der Waals surface area contributed by atoms with Gasteiger partial charge in [-0.25, -0.2) is 4.79 Å². The van der Waals surface area contributed by atoms with E-state index in [1.807, 2.05) is 48.5 Å². The van der Waals surface area contributed by atoms with Crippen molar-refractivity contribution in [3.63, 3.8) is 0 Å². The highest BCUT2D eigenvalue weighted by Gasteiger charge is 2.12. The Morgan fingerprint density at radius 3 is 2.24 bits per heavy atom. The Hall–Kier alpha value is -2.86. The average Bonchev–Trinajstić information content (AvgIpc) is 2.63. The van der Waals surface area contributed by atoms with E-state index >= 15 is 0 Å². The van der Waals surface area contributed by atoms with Crippen molar-refractivity contribution in [3.05, 3.63) is 66.2 Å². The van der Waals surface area contributed by atoms with Gasteiger partial charge in [-0.2, -0.15) is 0 Å². The van der Waals surface area contributed by atoms with Crippen molar-refractivity contribution in [3.8, 4) is 0 Å². The predicted octanol–water partition coefficient (Wildman–Crippen LogP) is 1.92. The lowest BCUT2D eigenvalue weighted by molar-refractivity contribution is -0.121. The van der Waals surface area contributed by atoms with Gasteiger partial charge in [0.05, 0.1) is 12.6 Å². The molecule has 0 aliphatic carbocycles. The summed E-state index contributed by atoms with van der Waals surface area (Å²) in [4.78, 5) is 23.7. The van der Waals surface area contributed by atoms with Crippen molar-refractivity contribution in [1.29, 1.82) is 0 Å². The average molecular weight is 341 g/mol. The second-order valence-electron chi connectivity index (χ2n) is 5.63. The summed E-state index contributed by atoms with van der Waals surface area (Å²) in [7, 11) is 0. The number of nitrogens with one attached hydrogen (secondary N) is 3. The van der Waals surface area contributed by atoms with Crippen LogP contribution < -0.4 is 16.0 Å². The third-order valence-corrected chi connectivity index (χ3v) is 3.58. The molecule has 0 unspecified atom stereocenters. The molecule has 132 valence electrons. The van der Waals surface area contributed by atoms with E-state index in [4.69, 9.17) is 0 Å². The van der Waals surface area contributed by atoms with Crippen LogP contribution in [0.1, 0.15) is 12.0 Å². The number of aliphatic hydroxyl groups is 1. The minimum absolute atomic E-state index is 0.136. The van der Waals surface area contributed by atoms with E-state index in [1.165, 1.54) is 0 Å². The molecule has 0 aliphatic heterocycles. The van der Waals surface area contributed by atoms with Crippen LogP contribution >= 0.6 is 0 Å². The number of amides is 3. The van der Waals surface area contributed by atoms with E-state index in [0.29, 0.717) is 12.1 Å². The highest BCUT2D eigenvalue weighted by atomic mass is 16.3. The zero-order chi connectivity index (χ0) is 17.9. The number of rotatable bonds is 8. The van der Waals surface area contributed by atoms with Crippen molar-refractivity contribution < 1.29 is 14.7 Å². The minimum Gasteiger partial charge on any atom is -0.394 e. The molecule has 0 aromatic heterocycles. The number of benzene rings is 2. The van der Waals surface area contributed by atoms with Crippen LogP contribution in [-0.2, 0) is 11.2 Å². The zero-order valence-corrected chi connectivity index (χ0v) is 13.9. The highest BCUT2D eigenvalue weighted by molar-refractivity contribution is 5.89. The van der Waals surface area contributed by atoms with Gasteiger partial charge in [0.2, 0.25) is 5.91 Å². The maximum atomic E-state index is 11.9. The topological polar surface area (TPSA) is 90.5 Å². The third-order valence-electron chi connectivity index (χ3n) is 3.58. The van der Waals surface area contributed by atoms with Gasteiger partial charge in [0, 0.05) is 18.7 Å². The van der Waals surface area contributed by atoms with E-state index in [0.717, 1.165) is 5.56 Å². The van der Waals surface area contributed by atoms with Gasteiger partial charge in [-0.1, -0.05) is 48.5 Å². The van der Waals surface area contributed by atoms with Crippen LogP contribution in [0.15, 0.2) is 60.7 Å². The lowest BCUT2D eigenvalue weighted by Crippen LogP contribution is -2.41. The summed E-state index contributed by atoms with van der Waals surface area (Å²) in [6.07, 6.45) is 0.707. The first-order chi connectivity index (χ1) is 12.2. The Morgan fingerprint density at radius 2 is 1.60 bits per heavy atom. The molecule has 4 N–H and O–H groups in total. The number of carbonyl (C=O) groups is 2. The van der Waals surface area contributed by atoms with Crippen LogP contribution in [0.5, 0.6) is 0 Å². The predicted molar refractivity (Wildman–Crippen MR) is 97.2 cm³/mol. The van der Waals surface area contributed by atoms with Crippen LogP contribution in [0.3, 0.4) is 0 Å². The van der Waals surface area contributed by atoms with Crippen molar-refractivity contribution in [2.75, 3.05) is 18.5 Å². The van der Waals surface area contributed by atoms with Crippen LogP contribution in [0.2, 0.25) is 0 Å². The van der Waals surface area contributed by atoms with Crippen molar-refractivity contribution in [2.45, 2.75) is 18.9 Å². The van der Waals surface area contributed by atoms with Gasteiger partial charge in [-0.15, -0.1) is 0 Å². The molecule has 0 heterocycles. The standard InChI is InChI=1S/C19H23N3O3/c23-14-17(13-15-7-3-1-4-8-15)21-18(24)11-12-20-19(25)22-16-9-5-2-6-10-16/h1-10,17,23H,11-14H2,(H,21,24)(H2,20,22,25)/t17-/m0/s1. The summed E-state index contributed by atoms with van der Waals surface area (Å²) in [5, 5.41) is 17.5. The molecule has 0 spiro atoms. The summed E-state index contributed by atoms with van der Waals surface area (Å²) >= 11 is 0. The van der Waals surface area contributed by atoms with Gasteiger partial charge in [0.25, 0.3) is 0 Å². The molecule has 1 atom stereocenters. The normalized spacial score (nSPS) is 11.4. The molecule has 6 nitrogen and oxygen atoms in total. The van der Waals surface area contributed by atoms with E-state index in [2.05, 4.69) is 16.0 Å². The first kappa shape index (κ1) is 18.5. The Labute approximate surface area is 147 Å². The third kappa shape index (κ3) is 7.05. The molecule has 0 bridgehead atoms. The van der Waals surface area contributed by atoms with Gasteiger partial charge >= 0.3 is 6.03 Å². The van der Waals surface area contributed by atoms with Gasteiger partial charge in [0.15, 0.2) is 0 Å². The van der Waals surface area contributed by atoms with Crippen LogP contribution in [-0.4, -0.2) is 36.2 Å². The van der Waals surface area contributed by atoms with Crippen molar-refractivity contribution in [1.82, 2.24) is 10.6 Å². The molecule has 25 heavy (non-hydrogen) atoms. The smallest absolute Gasteiger partial charge is 0.319 e. The lowest BCUT2D eigenvalue weighted by Gasteiger charge is -2.16. The van der Waals surface area contributed by atoms with Gasteiger partial charge in [0.1, 0.15) is 0 Å². The molecule has 6 heteroatoms. The molecule has 0 fully saturated rings. The van der Waals surface area contributed by atoms with Gasteiger partial charge in [-0.3, -0.25) is 4.79 Å². The quantitative estimate of drug-likeness (QED) is 0.591. The van der Waals surface area contributed by atoms with Crippen LogP contribution in [0.4, 0.5) is 10.5 Å². The fourth-order valence-electron chi connectivity index (χ4n) is 2.35.